The van der Waals surface area contributed by atoms with Gasteiger partial charge in [-0.1, -0.05) is 98.8 Å². The first-order chi connectivity index (χ1) is 31.8. The van der Waals surface area contributed by atoms with Crippen molar-refractivity contribution in [1.82, 2.24) is 4.31 Å². The van der Waals surface area contributed by atoms with Crippen LogP contribution >= 0.6 is 0 Å². The molecule has 17 heteroatoms. The topological polar surface area (TPSA) is 155 Å². The number of likely N-dealkylation sites (N-methyl/N-ethyl adjacent to an activating group) is 1. The van der Waals surface area contributed by atoms with Crippen LogP contribution in [-0.4, -0.2) is 86.1 Å². The zero-order valence-electron chi connectivity index (χ0n) is 38.4. The second-order valence-electron chi connectivity index (χ2n) is 18.8. The Kier molecular flexibility index (Phi) is 12.9. The van der Waals surface area contributed by atoms with Crippen LogP contribution in [0.4, 0.5) is 24.5 Å². The molecule has 11 nitrogen and oxygen atoms in total. The number of nitrogens with zero attached hydrogens (tertiary/aromatic N) is 3. The number of unbranched alkanes of at least 4 members (excludes halogenated alkanes) is 2. The van der Waals surface area contributed by atoms with E-state index in [4.69, 9.17) is 0 Å². The summed E-state index contributed by atoms with van der Waals surface area (Å²) in [6.07, 6.45) is 6.58. The first-order valence-electron chi connectivity index (χ1n) is 22.5. The zero-order valence-corrected chi connectivity index (χ0v) is 40.9. The van der Waals surface area contributed by atoms with Gasteiger partial charge in [0.15, 0.2) is 5.71 Å². The number of sulfonamides is 1. The quantitative estimate of drug-likeness (QED) is 0.0578. The van der Waals surface area contributed by atoms with Gasteiger partial charge in [-0.05, 0) is 96.0 Å². The summed E-state index contributed by atoms with van der Waals surface area (Å²) in [7, 11) is -13.6. The van der Waals surface area contributed by atoms with E-state index in [1.165, 1.54) is 0 Å². The van der Waals surface area contributed by atoms with E-state index in [1.807, 2.05) is 103 Å². The van der Waals surface area contributed by atoms with Crippen molar-refractivity contribution in [3.8, 4) is 0 Å². The lowest BCUT2D eigenvalue weighted by atomic mass is 9.79. The summed E-state index contributed by atoms with van der Waals surface area (Å²) in [4.78, 5) is 2.09. The molecule has 0 bridgehead atoms. The minimum absolute atomic E-state index is 0.0679. The molecule has 0 amide bonds. The van der Waals surface area contributed by atoms with Crippen LogP contribution in [0.15, 0.2) is 127 Å². The fourth-order valence-corrected chi connectivity index (χ4v) is 12.6. The van der Waals surface area contributed by atoms with E-state index in [-0.39, 0.29) is 30.5 Å². The molecule has 0 radical (unpaired) electrons. The molecule has 1 unspecified atom stereocenters. The van der Waals surface area contributed by atoms with Crippen molar-refractivity contribution >= 4 is 74.5 Å². The standard InChI is InChI=1S/C51H54F3N3O8S3/c1-49(2)44(56(30-12-14-32-66(58,59)60)42-26-22-34-16-6-8-18-36(34)46(42)49)28-24-40-38-20-10-11-21-39(38)41(48(40)55(5)68(64,65)51(52,53)54)25-29-45-50(3,4)47-37-19-9-7-17-35(37)23-27-43(47)57(45)31-13-15-33-67(61,62)63/h6-11,16-24,26-29,41H,12-15,25,30-33H2,1-5H3,(H-,58,59,60,61,62,63)/b45-29+. The van der Waals surface area contributed by atoms with Crippen LogP contribution in [0.25, 0.3) is 27.1 Å². The Morgan fingerprint density at radius 2 is 1.35 bits per heavy atom. The molecule has 0 spiro atoms. The van der Waals surface area contributed by atoms with Gasteiger partial charge in [-0.2, -0.15) is 34.6 Å². The third-order valence-corrected chi connectivity index (χ3v) is 16.8. The summed E-state index contributed by atoms with van der Waals surface area (Å²) in [6.45, 7) is 8.88. The number of rotatable bonds is 16. The van der Waals surface area contributed by atoms with E-state index in [0.29, 0.717) is 41.4 Å². The number of alkyl halides is 3. The molecule has 2 heterocycles. The lowest BCUT2D eigenvalue weighted by Gasteiger charge is -2.30. The van der Waals surface area contributed by atoms with Crippen LogP contribution in [0.1, 0.15) is 88.0 Å². The number of halogens is 3. The van der Waals surface area contributed by atoms with Crippen molar-refractivity contribution in [2.45, 2.75) is 82.1 Å². The Hall–Kier alpha value is -5.33. The first kappa shape index (κ1) is 49.1. The molecule has 2 aliphatic heterocycles. The Morgan fingerprint density at radius 3 is 2.00 bits per heavy atom. The van der Waals surface area contributed by atoms with Crippen LogP contribution in [0.2, 0.25) is 0 Å². The number of anilines is 1. The van der Waals surface area contributed by atoms with Gasteiger partial charge in [0.25, 0.3) is 10.1 Å². The van der Waals surface area contributed by atoms with Gasteiger partial charge < -0.3 is 9.45 Å². The summed E-state index contributed by atoms with van der Waals surface area (Å²) in [6, 6.07) is 30.9. The highest BCUT2D eigenvalue weighted by Crippen LogP contribution is 2.53. The van der Waals surface area contributed by atoms with Gasteiger partial charge in [0.05, 0.1) is 21.3 Å². The largest absolute Gasteiger partial charge is 0.748 e. The zero-order chi connectivity index (χ0) is 49.2. The van der Waals surface area contributed by atoms with Gasteiger partial charge in [-0.15, -0.1) is 0 Å². The smallest absolute Gasteiger partial charge is 0.516 e. The molecule has 1 N–H and O–H groups in total. The highest BCUT2D eigenvalue weighted by Gasteiger charge is 2.52. The molecule has 0 saturated carbocycles. The van der Waals surface area contributed by atoms with Crippen molar-refractivity contribution in [1.29, 1.82) is 0 Å². The molecule has 8 rings (SSSR count). The Morgan fingerprint density at radius 1 is 0.750 bits per heavy atom. The normalized spacial score (nSPS) is 18.6. The van der Waals surface area contributed by atoms with Gasteiger partial charge in [-0.3, -0.25) is 8.86 Å². The number of benzene rings is 5. The Bertz CT molecular complexity index is 3320. The SMILES string of the molecule is CN(C1=C(/C=C/C2=[N+](CCCCS(=O)(=O)[O-])c3ccc4ccccc4c3C2(C)C)c2ccccc2C1C/C=C1/N(CCCCS(=O)(=O)O)c2ccc3ccccc3c2C1(C)C)S(=O)(=O)C(F)(F)F. The molecular formula is C51H54F3N3O8S3. The van der Waals surface area contributed by atoms with Crippen molar-refractivity contribution in [3.05, 3.63) is 149 Å². The van der Waals surface area contributed by atoms with E-state index in [2.05, 4.69) is 18.7 Å². The van der Waals surface area contributed by atoms with E-state index in [0.717, 1.165) is 62.5 Å². The predicted molar refractivity (Wildman–Crippen MR) is 261 cm³/mol. The second-order valence-corrected chi connectivity index (χ2v) is 23.8. The van der Waals surface area contributed by atoms with E-state index in [9.17, 15) is 47.5 Å². The fraction of sp³-hybridized carbons (Fsp3) is 0.353. The van der Waals surface area contributed by atoms with Gasteiger partial charge in [0.2, 0.25) is 5.69 Å². The van der Waals surface area contributed by atoms with Crippen LogP contribution < -0.4 is 4.90 Å². The van der Waals surface area contributed by atoms with Crippen molar-refractivity contribution in [2.75, 3.05) is 36.5 Å². The van der Waals surface area contributed by atoms with Crippen LogP contribution in [0.3, 0.4) is 0 Å². The molecule has 1 aliphatic carbocycles. The van der Waals surface area contributed by atoms with Crippen molar-refractivity contribution < 1.29 is 52.1 Å². The number of hydrogen-bond acceptors (Lipinski definition) is 8. The monoisotopic (exact) mass is 989 g/mol. The van der Waals surface area contributed by atoms with E-state index in [1.54, 1.807) is 30.3 Å². The van der Waals surface area contributed by atoms with Crippen LogP contribution in [0.5, 0.6) is 0 Å². The predicted octanol–water partition coefficient (Wildman–Crippen LogP) is 10.3. The first-order valence-corrected chi connectivity index (χ1v) is 27.1. The maximum absolute atomic E-state index is 14.7. The summed E-state index contributed by atoms with van der Waals surface area (Å²) < 4.78 is 141. The Labute approximate surface area is 396 Å². The minimum atomic E-state index is -5.93. The molecule has 68 heavy (non-hydrogen) atoms. The summed E-state index contributed by atoms with van der Waals surface area (Å²) in [5, 5.41) is 3.98. The maximum atomic E-state index is 14.7. The van der Waals surface area contributed by atoms with E-state index >= 15 is 0 Å². The molecular weight excluding hydrogens is 936 g/mol. The van der Waals surface area contributed by atoms with Crippen LogP contribution in [0, 0.1) is 0 Å². The number of hydrogen-bond donors (Lipinski definition) is 1. The molecule has 0 aromatic heterocycles. The number of fused-ring (bicyclic) bond motifs is 7. The third-order valence-electron chi connectivity index (χ3n) is 13.7. The molecule has 360 valence electrons. The van der Waals surface area contributed by atoms with Crippen molar-refractivity contribution in [2.24, 2.45) is 0 Å². The summed E-state index contributed by atoms with van der Waals surface area (Å²) in [5.74, 6) is -1.83. The minimum Gasteiger partial charge on any atom is -0.748 e. The average molecular weight is 990 g/mol. The summed E-state index contributed by atoms with van der Waals surface area (Å²) in [5.41, 5.74) is -0.300. The molecule has 3 aliphatic rings. The Balaban J connectivity index is 1.28. The molecule has 0 saturated heterocycles. The van der Waals surface area contributed by atoms with Gasteiger partial charge in [-0.25, -0.2) is 8.42 Å². The fourth-order valence-electron chi connectivity index (χ4n) is 10.7. The summed E-state index contributed by atoms with van der Waals surface area (Å²) >= 11 is 0. The highest BCUT2D eigenvalue weighted by molar-refractivity contribution is 7.90. The molecule has 5 aromatic carbocycles. The average Bonchev–Trinajstić information content (AvgIpc) is 3.78. The van der Waals surface area contributed by atoms with Gasteiger partial charge in [0, 0.05) is 77.5 Å². The maximum Gasteiger partial charge on any atom is 0.516 e. The van der Waals surface area contributed by atoms with Gasteiger partial charge >= 0.3 is 15.5 Å². The molecule has 5 aromatic rings. The lowest BCUT2D eigenvalue weighted by molar-refractivity contribution is -0.438. The second kappa shape index (κ2) is 17.9. The molecule has 0 fully saturated rings. The lowest BCUT2D eigenvalue weighted by Crippen LogP contribution is -2.38. The molecule has 1 atom stereocenters. The van der Waals surface area contributed by atoms with Crippen LogP contribution in [-0.2, 0) is 41.1 Å². The highest BCUT2D eigenvalue weighted by atomic mass is 32.2. The van der Waals surface area contributed by atoms with E-state index < -0.39 is 64.0 Å². The third kappa shape index (κ3) is 9.03. The van der Waals surface area contributed by atoms with Gasteiger partial charge in [0.1, 0.15) is 6.54 Å². The van der Waals surface area contributed by atoms with Crippen molar-refractivity contribution in [3.63, 3.8) is 0 Å². The number of allylic oxidation sites excluding steroid dienone is 6.